The van der Waals surface area contributed by atoms with Gasteiger partial charge in [0.2, 0.25) is 5.89 Å². The molecule has 0 amide bonds. The van der Waals surface area contributed by atoms with E-state index in [4.69, 9.17) is 14.1 Å². The van der Waals surface area contributed by atoms with E-state index >= 15 is 0 Å². The summed E-state index contributed by atoms with van der Waals surface area (Å²) in [6.07, 6.45) is 4.07. The Morgan fingerprint density at radius 3 is 2.57 bits per heavy atom. The summed E-state index contributed by atoms with van der Waals surface area (Å²) in [6.45, 7) is 7.06. The molecule has 0 unspecified atom stereocenters. The Morgan fingerprint density at radius 2 is 1.80 bits per heavy atom. The molecule has 4 aromatic rings. The van der Waals surface area contributed by atoms with Crippen molar-refractivity contribution in [2.24, 2.45) is 0 Å². The lowest BCUT2D eigenvalue weighted by Gasteiger charge is -2.18. The number of hydrogen-bond acceptors (Lipinski definition) is 3. The van der Waals surface area contributed by atoms with Gasteiger partial charge in [-0.15, -0.1) is 0 Å². The highest BCUT2D eigenvalue weighted by molar-refractivity contribution is 14.1. The second kappa shape index (κ2) is 8.64. The van der Waals surface area contributed by atoms with Gasteiger partial charge in [0.05, 0.1) is 5.56 Å². The summed E-state index contributed by atoms with van der Waals surface area (Å²) >= 11 is 2.30. The molecule has 152 valence electrons. The van der Waals surface area contributed by atoms with E-state index in [0.717, 1.165) is 31.5 Å². The van der Waals surface area contributed by atoms with E-state index in [2.05, 4.69) is 73.7 Å². The van der Waals surface area contributed by atoms with Crippen LogP contribution in [0.15, 0.2) is 77.2 Å². The first kappa shape index (κ1) is 20.7. The molecule has 3 aromatic carbocycles. The van der Waals surface area contributed by atoms with Crippen LogP contribution < -0.4 is 4.74 Å². The predicted octanol–water partition coefficient (Wildman–Crippen LogP) is 7.49. The first-order valence-electron chi connectivity index (χ1n) is 9.95. The molecule has 1 heterocycles. The second-order valence-corrected chi connectivity index (χ2v) is 9.46. The fourth-order valence-corrected chi connectivity index (χ4v) is 3.68. The van der Waals surface area contributed by atoms with Gasteiger partial charge in [-0.1, -0.05) is 63.2 Å². The van der Waals surface area contributed by atoms with Crippen LogP contribution in [-0.2, 0) is 5.41 Å². The van der Waals surface area contributed by atoms with Crippen molar-refractivity contribution in [3.63, 3.8) is 0 Å². The molecule has 0 aliphatic heterocycles. The van der Waals surface area contributed by atoms with Gasteiger partial charge in [0, 0.05) is 3.57 Å². The fraction of sp³-hybridized carbons (Fsp3) is 0.192. The van der Waals surface area contributed by atoms with Crippen LogP contribution in [-0.4, -0.2) is 11.6 Å². The van der Waals surface area contributed by atoms with Crippen LogP contribution in [0.3, 0.4) is 0 Å². The third kappa shape index (κ3) is 4.75. The number of benzene rings is 3. The van der Waals surface area contributed by atoms with Gasteiger partial charge in [0.25, 0.3) is 0 Å². The number of oxazole rings is 1. The number of nitrogens with zero attached hydrogens (tertiary/aromatic N) is 1. The van der Waals surface area contributed by atoms with E-state index in [1.54, 1.807) is 0 Å². The lowest BCUT2D eigenvalue weighted by Crippen LogP contribution is -2.10. The molecule has 0 bridgehead atoms. The number of hydrogen-bond donors (Lipinski definition) is 0. The maximum atomic E-state index is 6.08. The van der Waals surface area contributed by atoms with Gasteiger partial charge in [-0.3, -0.25) is 0 Å². The zero-order chi connectivity index (χ0) is 21.1. The molecule has 0 fully saturated rings. The molecule has 0 saturated heterocycles. The number of aromatic nitrogens is 1. The van der Waals surface area contributed by atoms with E-state index < -0.39 is 0 Å². The molecule has 0 atom stereocenters. The van der Waals surface area contributed by atoms with Gasteiger partial charge in [0.15, 0.2) is 5.58 Å². The minimum absolute atomic E-state index is 0.0643. The van der Waals surface area contributed by atoms with Crippen molar-refractivity contribution in [2.45, 2.75) is 26.2 Å². The number of rotatable bonds is 5. The van der Waals surface area contributed by atoms with Gasteiger partial charge in [-0.2, -0.15) is 0 Å². The Hall–Kier alpha value is -2.60. The van der Waals surface area contributed by atoms with Crippen LogP contribution in [0.25, 0.3) is 28.6 Å². The summed E-state index contributed by atoms with van der Waals surface area (Å²) in [5.41, 5.74) is 4.97. The molecule has 0 aliphatic carbocycles. The van der Waals surface area contributed by atoms with Gasteiger partial charge >= 0.3 is 0 Å². The van der Waals surface area contributed by atoms with Crippen LogP contribution in [0.2, 0.25) is 0 Å². The van der Waals surface area contributed by atoms with E-state index in [1.165, 1.54) is 5.56 Å². The molecule has 0 saturated carbocycles. The van der Waals surface area contributed by atoms with Crippen LogP contribution in [0.5, 0.6) is 5.75 Å². The molecule has 0 radical (unpaired) electrons. The summed E-state index contributed by atoms with van der Waals surface area (Å²) in [7, 11) is 0. The minimum Gasteiger partial charge on any atom is -0.489 e. The van der Waals surface area contributed by atoms with Gasteiger partial charge in [-0.25, -0.2) is 4.98 Å². The Bertz CT molecular complexity index is 1190. The van der Waals surface area contributed by atoms with Gasteiger partial charge in [0.1, 0.15) is 17.9 Å². The Labute approximate surface area is 190 Å². The highest BCUT2D eigenvalue weighted by Gasteiger charge is 2.18. The predicted molar refractivity (Wildman–Crippen MR) is 132 cm³/mol. The van der Waals surface area contributed by atoms with E-state index in [9.17, 15) is 0 Å². The Kier molecular flexibility index (Phi) is 5.95. The molecule has 0 aliphatic rings. The maximum Gasteiger partial charge on any atom is 0.231 e. The maximum absolute atomic E-state index is 6.08. The molecule has 4 heteroatoms. The van der Waals surface area contributed by atoms with Crippen LogP contribution in [0.4, 0.5) is 0 Å². The zero-order valence-electron chi connectivity index (χ0n) is 17.4. The summed E-state index contributed by atoms with van der Waals surface area (Å²) in [5.74, 6) is 1.34. The lowest BCUT2D eigenvalue weighted by atomic mass is 9.87. The van der Waals surface area contributed by atoms with Crippen molar-refractivity contribution in [2.75, 3.05) is 6.61 Å². The molecule has 0 N–H and O–H groups in total. The van der Waals surface area contributed by atoms with Crippen molar-refractivity contribution >= 4 is 39.8 Å². The quantitative estimate of drug-likeness (QED) is 0.262. The zero-order valence-corrected chi connectivity index (χ0v) is 19.5. The summed E-state index contributed by atoms with van der Waals surface area (Å²) in [4.78, 5) is 4.77. The highest BCUT2D eigenvalue weighted by atomic mass is 127. The van der Waals surface area contributed by atoms with Crippen molar-refractivity contribution in [3.05, 3.63) is 87.5 Å². The molecule has 30 heavy (non-hydrogen) atoms. The number of halogens is 1. The average Bonchev–Trinajstić information content (AvgIpc) is 3.15. The monoisotopic (exact) mass is 509 g/mol. The average molecular weight is 509 g/mol. The van der Waals surface area contributed by atoms with Crippen LogP contribution in [0, 0.1) is 3.57 Å². The molecule has 4 rings (SSSR count). The molecule has 0 spiro atoms. The SMILES string of the molecule is CC(C)(C)c1ccc2oc(-c3cc(I)ccc3OCC=Cc3ccccc3)nc2c1. The normalized spacial score (nSPS) is 12.0. The molecule has 3 nitrogen and oxygen atoms in total. The second-order valence-electron chi connectivity index (χ2n) is 8.22. The largest absolute Gasteiger partial charge is 0.489 e. The standard InChI is InChI=1S/C26H24INO2/c1-26(2,3)19-11-13-24-22(16-19)28-25(30-24)21-17-20(27)12-14-23(21)29-15-7-10-18-8-5-4-6-9-18/h4-14,16-17H,15H2,1-3H3. The Balaban J connectivity index is 1.61. The van der Waals surface area contributed by atoms with Gasteiger partial charge < -0.3 is 9.15 Å². The topological polar surface area (TPSA) is 35.3 Å². The third-order valence-corrected chi connectivity index (χ3v) is 5.54. The van der Waals surface area contributed by atoms with E-state index in [-0.39, 0.29) is 5.41 Å². The van der Waals surface area contributed by atoms with E-state index in [1.807, 2.05) is 48.5 Å². The third-order valence-electron chi connectivity index (χ3n) is 4.87. The van der Waals surface area contributed by atoms with Crippen LogP contribution >= 0.6 is 22.6 Å². The number of fused-ring (bicyclic) bond motifs is 1. The number of ether oxygens (including phenoxy) is 1. The van der Waals surface area contributed by atoms with E-state index in [0.29, 0.717) is 12.5 Å². The minimum atomic E-state index is 0.0643. The van der Waals surface area contributed by atoms with Crippen LogP contribution in [0.1, 0.15) is 31.9 Å². The molecular formula is C26H24INO2. The van der Waals surface area contributed by atoms with Crippen molar-refractivity contribution in [3.8, 4) is 17.2 Å². The van der Waals surface area contributed by atoms with Gasteiger partial charge in [-0.05, 0) is 75.5 Å². The lowest BCUT2D eigenvalue weighted by molar-refractivity contribution is 0.364. The summed E-state index contributed by atoms with van der Waals surface area (Å²) < 4.78 is 13.2. The molecule has 1 aromatic heterocycles. The first-order chi connectivity index (χ1) is 14.4. The summed E-state index contributed by atoms with van der Waals surface area (Å²) in [5, 5.41) is 0. The van der Waals surface area contributed by atoms with Crippen molar-refractivity contribution < 1.29 is 9.15 Å². The summed E-state index contributed by atoms with van der Waals surface area (Å²) in [6, 6.07) is 22.5. The first-order valence-corrected chi connectivity index (χ1v) is 11.0. The highest BCUT2D eigenvalue weighted by Crippen LogP contribution is 2.34. The Morgan fingerprint density at radius 1 is 1.00 bits per heavy atom. The fourth-order valence-electron chi connectivity index (χ4n) is 3.19. The van der Waals surface area contributed by atoms with Crippen molar-refractivity contribution in [1.29, 1.82) is 0 Å². The molecular weight excluding hydrogens is 485 g/mol. The van der Waals surface area contributed by atoms with Crippen molar-refractivity contribution in [1.82, 2.24) is 4.98 Å². The smallest absolute Gasteiger partial charge is 0.231 e.